The molecule has 0 rings (SSSR count). The minimum absolute atomic E-state index is 0.0179. The smallest absolute Gasteiger partial charge is 0.472 e. The molecule has 4 N–H and O–H groups in total. The number of phosphoric ester groups is 1. The number of nitrogens with two attached hydrogens (primary N) is 1. The number of rotatable bonds is 40. The van der Waals surface area contributed by atoms with Crippen molar-refractivity contribution in [3.8, 4) is 0 Å². The molecule has 0 bridgehead atoms. The molecule has 3 unspecified atom stereocenters. The van der Waals surface area contributed by atoms with Gasteiger partial charge in [-0.2, -0.15) is 0 Å². The SMILES string of the molecule is CCCCCC/C=C\CCCCCCCCOCC(COP(=O)(O)OCC(N)C(=O)O)OC(=O)CCCCCCCCCCCCCCCCC. The van der Waals surface area contributed by atoms with Crippen molar-refractivity contribution in [3.05, 3.63) is 12.2 Å². The first-order valence-corrected chi connectivity index (χ1v) is 22.2. The van der Waals surface area contributed by atoms with Gasteiger partial charge in [-0.1, -0.05) is 161 Å². The highest BCUT2D eigenvalue weighted by Crippen LogP contribution is 2.43. The second-order valence-corrected chi connectivity index (χ2v) is 15.6. The normalized spacial score (nSPS) is 14.1. The molecule has 0 aromatic carbocycles. The molecule has 0 aliphatic heterocycles. The van der Waals surface area contributed by atoms with Crippen LogP contribution in [0, 0.1) is 0 Å². The number of aliphatic carboxylic acids is 1. The maximum atomic E-state index is 12.6. The lowest BCUT2D eigenvalue weighted by Gasteiger charge is -2.20. The Morgan fingerprint density at radius 1 is 0.608 bits per heavy atom. The molecule has 10 nitrogen and oxygen atoms in total. The van der Waals surface area contributed by atoms with Gasteiger partial charge in [0.2, 0.25) is 0 Å². The van der Waals surface area contributed by atoms with Crippen molar-refractivity contribution in [1.82, 2.24) is 0 Å². The van der Waals surface area contributed by atoms with E-state index in [1.165, 1.54) is 128 Å². The number of carbonyl (C=O) groups is 2. The predicted molar refractivity (Wildman–Crippen MR) is 208 cm³/mol. The largest absolute Gasteiger partial charge is 0.480 e. The molecule has 0 saturated carbocycles. The van der Waals surface area contributed by atoms with Gasteiger partial charge in [0.15, 0.2) is 0 Å². The average Bonchev–Trinajstić information content (AvgIpc) is 3.10. The van der Waals surface area contributed by atoms with Gasteiger partial charge in [-0.25, -0.2) is 4.57 Å². The summed E-state index contributed by atoms with van der Waals surface area (Å²) < 4.78 is 33.3. The fourth-order valence-corrected chi connectivity index (χ4v) is 6.55. The highest BCUT2D eigenvalue weighted by Gasteiger charge is 2.27. The lowest BCUT2D eigenvalue weighted by molar-refractivity contribution is -0.154. The highest BCUT2D eigenvalue weighted by atomic mass is 31.2. The molecule has 3 atom stereocenters. The van der Waals surface area contributed by atoms with Gasteiger partial charge in [-0.05, 0) is 38.5 Å². The Morgan fingerprint density at radius 2 is 1.02 bits per heavy atom. The van der Waals surface area contributed by atoms with Crippen molar-refractivity contribution in [2.75, 3.05) is 26.4 Å². The van der Waals surface area contributed by atoms with Crippen LogP contribution in [0.1, 0.15) is 194 Å². The molecule has 0 radical (unpaired) electrons. The first-order chi connectivity index (χ1) is 24.7. The van der Waals surface area contributed by atoms with Crippen molar-refractivity contribution in [2.45, 2.75) is 206 Å². The molecule has 0 amide bonds. The highest BCUT2D eigenvalue weighted by molar-refractivity contribution is 7.47. The summed E-state index contributed by atoms with van der Waals surface area (Å²) in [5.74, 6) is -1.77. The van der Waals surface area contributed by atoms with Gasteiger partial charge in [0.05, 0.1) is 19.8 Å². The van der Waals surface area contributed by atoms with Gasteiger partial charge in [0.1, 0.15) is 12.1 Å². The van der Waals surface area contributed by atoms with E-state index >= 15 is 0 Å². The van der Waals surface area contributed by atoms with Crippen molar-refractivity contribution in [2.24, 2.45) is 5.73 Å². The minimum Gasteiger partial charge on any atom is -0.480 e. The summed E-state index contributed by atoms with van der Waals surface area (Å²) in [6, 6.07) is -1.47. The van der Waals surface area contributed by atoms with Crippen LogP contribution in [0.3, 0.4) is 0 Å². The van der Waals surface area contributed by atoms with Gasteiger partial charge in [-0.3, -0.25) is 18.6 Å². The zero-order valence-electron chi connectivity index (χ0n) is 32.7. The number of ether oxygens (including phenoxy) is 2. The van der Waals surface area contributed by atoms with Crippen LogP contribution in [0.4, 0.5) is 0 Å². The van der Waals surface area contributed by atoms with Gasteiger partial charge in [0, 0.05) is 13.0 Å². The fourth-order valence-electron chi connectivity index (χ4n) is 5.77. The number of phosphoric acid groups is 1. The second kappa shape index (κ2) is 37.0. The molecule has 302 valence electrons. The third-order valence-corrected chi connectivity index (χ3v) is 10.00. The molecule has 0 heterocycles. The van der Waals surface area contributed by atoms with E-state index < -0.39 is 45.1 Å². The summed E-state index contributed by atoms with van der Waals surface area (Å²) in [6.07, 6.45) is 36.8. The van der Waals surface area contributed by atoms with Crippen molar-refractivity contribution < 1.29 is 42.7 Å². The summed E-state index contributed by atoms with van der Waals surface area (Å²) in [5, 5.41) is 8.88. The van der Waals surface area contributed by atoms with Crippen LogP contribution in [0.5, 0.6) is 0 Å². The Labute approximate surface area is 312 Å². The van der Waals surface area contributed by atoms with E-state index in [2.05, 4.69) is 26.0 Å². The molecule has 0 aliphatic carbocycles. The summed E-state index contributed by atoms with van der Waals surface area (Å²) in [6.45, 7) is 3.87. The third-order valence-electron chi connectivity index (χ3n) is 9.04. The van der Waals surface area contributed by atoms with Crippen molar-refractivity contribution in [3.63, 3.8) is 0 Å². The maximum absolute atomic E-state index is 12.6. The second-order valence-electron chi connectivity index (χ2n) is 14.1. The lowest BCUT2D eigenvalue weighted by atomic mass is 10.0. The number of unbranched alkanes of at least 4 members (excludes halogenated alkanes) is 24. The van der Waals surface area contributed by atoms with Crippen LogP contribution < -0.4 is 5.73 Å². The molecular weight excluding hydrogens is 669 g/mol. The van der Waals surface area contributed by atoms with Gasteiger partial charge >= 0.3 is 19.8 Å². The number of esters is 1. The number of hydrogen-bond donors (Lipinski definition) is 3. The maximum Gasteiger partial charge on any atom is 0.472 e. The van der Waals surface area contributed by atoms with Crippen molar-refractivity contribution >= 4 is 19.8 Å². The van der Waals surface area contributed by atoms with E-state index in [9.17, 15) is 19.0 Å². The topological polar surface area (TPSA) is 155 Å². The molecule has 0 fully saturated rings. The molecule has 0 aromatic rings. The summed E-state index contributed by atoms with van der Waals surface area (Å²) in [5.41, 5.74) is 5.35. The van der Waals surface area contributed by atoms with Gasteiger partial charge in [0.25, 0.3) is 0 Å². The number of carboxylic acid groups (broad SMARTS) is 1. The fraction of sp³-hybridized carbons (Fsp3) is 0.900. The first-order valence-electron chi connectivity index (χ1n) is 20.7. The van der Waals surface area contributed by atoms with Crippen LogP contribution in [0.25, 0.3) is 0 Å². The van der Waals surface area contributed by atoms with Crippen LogP contribution in [0.2, 0.25) is 0 Å². The minimum atomic E-state index is -4.61. The monoisotopic (exact) mass is 748 g/mol. The summed E-state index contributed by atoms with van der Waals surface area (Å²) in [4.78, 5) is 33.4. The number of carboxylic acids is 1. The quantitative estimate of drug-likeness (QED) is 0.0239. The number of hydrogen-bond acceptors (Lipinski definition) is 8. The first kappa shape index (κ1) is 49.7. The van der Waals surface area contributed by atoms with Gasteiger partial charge in [-0.15, -0.1) is 0 Å². The average molecular weight is 748 g/mol. The van der Waals surface area contributed by atoms with E-state index in [1.54, 1.807) is 0 Å². The molecule has 11 heteroatoms. The Hall–Kier alpha value is -1.29. The molecule has 51 heavy (non-hydrogen) atoms. The van der Waals surface area contributed by atoms with E-state index in [1.807, 2.05) is 0 Å². The van der Waals surface area contributed by atoms with Crippen LogP contribution in [-0.4, -0.2) is 60.5 Å². The summed E-state index contributed by atoms with van der Waals surface area (Å²) in [7, 11) is -4.61. The van der Waals surface area contributed by atoms with E-state index in [0.29, 0.717) is 6.61 Å². The van der Waals surface area contributed by atoms with Crippen LogP contribution >= 0.6 is 7.82 Å². The predicted octanol–water partition coefficient (Wildman–Crippen LogP) is 11.0. The van der Waals surface area contributed by atoms with Crippen LogP contribution in [-0.2, 0) is 32.7 Å². The van der Waals surface area contributed by atoms with E-state index in [0.717, 1.165) is 44.9 Å². The Morgan fingerprint density at radius 3 is 1.51 bits per heavy atom. The zero-order valence-corrected chi connectivity index (χ0v) is 33.6. The van der Waals surface area contributed by atoms with E-state index in [-0.39, 0.29) is 13.0 Å². The summed E-state index contributed by atoms with van der Waals surface area (Å²) >= 11 is 0. The Bertz CT molecular complexity index is 873. The lowest BCUT2D eigenvalue weighted by Crippen LogP contribution is -2.34. The number of allylic oxidation sites excluding steroid dienone is 2. The Kier molecular flexibility index (Phi) is 36.1. The van der Waals surface area contributed by atoms with E-state index in [4.69, 9.17) is 29.4 Å². The molecule has 0 spiro atoms. The van der Waals surface area contributed by atoms with Crippen LogP contribution in [0.15, 0.2) is 12.2 Å². The van der Waals surface area contributed by atoms with Crippen molar-refractivity contribution in [1.29, 1.82) is 0 Å². The number of carbonyl (C=O) groups excluding carboxylic acids is 1. The molecule has 0 aliphatic rings. The zero-order chi connectivity index (χ0) is 37.7. The molecular formula is C40H78NO9P. The molecule has 0 aromatic heterocycles. The third kappa shape index (κ3) is 36.8. The molecule has 0 saturated heterocycles. The standard InChI is InChI=1S/C40H78NO9P/c1-3-5-7-9-11-13-15-17-19-20-22-24-26-28-30-32-39(42)50-37(35-48-51(45,46)49-36-38(41)40(43)44)34-47-33-31-29-27-25-23-21-18-16-14-12-10-8-6-4-2/h14,16,37-38H,3-13,15,17-36,41H2,1-2H3,(H,43,44)(H,45,46)/b16-14-. The van der Waals surface area contributed by atoms with Gasteiger partial charge < -0.3 is 25.2 Å². The Balaban J connectivity index is 4.25.